The molecule has 0 bridgehead atoms. The summed E-state index contributed by atoms with van der Waals surface area (Å²) in [5.41, 5.74) is 0.326. The predicted octanol–water partition coefficient (Wildman–Crippen LogP) is 3.25. The molecule has 2 aromatic rings. The maximum atomic E-state index is 12.8. The van der Waals surface area contributed by atoms with Gasteiger partial charge in [-0.05, 0) is 30.3 Å². The molecule has 11 heteroatoms. The third-order valence-electron chi connectivity index (χ3n) is 5.30. The zero-order chi connectivity index (χ0) is 22.2. The Hall–Kier alpha value is -3.01. The lowest BCUT2D eigenvalue weighted by Crippen LogP contribution is -2.49. The van der Waals surface area contributed by atoms with Crippen LogP contribution in [0.2, 0.25) is 5.02 Å². The van der Waals surface area contributed by atoms with E-state index in [1.807, 2.05) is 0 Å². The molecule has 0 aliphatic carbocycles. The molecule has 2 fully saturated rings. The van der Waals surface area contributed by atoms with E-state index in [-0.39, 0.29) is 22.8 Å². The second-order valence-electron chi connectivity index (χ2n) is 7.24. The number of hydrogen-bond donors (Lipinski definition) is 1. The van der Waals surface area contributed by atoms with Crippen LogP contribution in [0.25, 0.3) is 0 Å². The normalized spacial score (nSPS) is 17.2. The number of pyridine rings is 1. The number of urea groups is 1. The fraction of sp³-hybridized carbons (Fsp3) is 0.350. The molecule has 0 radical (unpaired) electrons. The zero-order valence-electron chi connectivity index (χ0n) is 16.3. The second kappa shape index (κ2) is 8.26. The molecular formula is C20H19ClF3N5O2. The summed E-state index contributed by atoms with van der Waals surface area (Å²) >= 11 is 6.03. The highest BCUT2D eigenvalue weighted by atomic mass is 35.5. The van der Waals surface area contributed by atoms with Crippen molar-refractivity contribution >= 4 is 35.0 Å². The SMILES string of the molecule is O=C(c1ccc(N2CCNC2=O)cc1)N1CCN(c2ncc(C(F)(F)F)cc2Cl)CC1. The molecule has 31 heavy (non-hydrogen) atoms. The largest absolute Gasteiger partial charge is 0.417 e. The molecule has 3 heterocycles. The summed E-state index contributed by atoms with van der Waals surface area (Å²) in [7, 11) is 0. The Morgan fingerprint density at radius 2 is 1.74 bits per heavy atom. The van der Waals surface area contributed by atoms with E-state index < -0.39 is 11.7 Å². The van der Waals surface area contributed by atoms with Gasteiger partial charge in [0.05, 0.1) is 10.6 Å². The van der Waals surface area contributed by atoms with Crippen molar-refractivity contribution in [3.05, 3.63) is 52.7 Å². The molecule has 164 valence electrons. The fourth-order valence-electron chi connectivity index (χ4n) is 3.62. The van der Waals surface area contributed by atoms with Crippen LogP contribution < -0.4 is 15.1 Å². The fourth-order valence-corrected chi connectivity index (χ4v) is 3.91. The van der Waals surface area contributed by atoms with Gasteiger partial charge in [-0.2, -0.15) is 13.2 Å². The molecule has 1 N–H and O–H groups in total. The highest BCUT2D eigenvalue weighted by Crippen LogP contribution is 2.33. The standard InChI is InChI=1S/C20H19ClF3N5O2/c21-16-11-14(20(22,23)24)12-26-17(16)27-7-9-28(10-8-27)18(30)13-1-3-15(4-2-13)29-6-5-25-19(29)31/h1-4,11-12H,5-10H2,(H,25,31). The monoisotopic (exact) mass is 453 g/mol. The van der Waals surface area contributed by atoms with E-state index in [4.69, 9.17) is 11.6 Å². The number of amides is 3. The summed E-state index contributed by atoms with van der Waals surface area (Å²) in [5.74, 6) is 0.124. The Morgan fingerprint density at radius 1 is 1.06 bits per heavy atom. The van der Waals surface area contributed by atoms with Crippen molar-refractivity contribution in [2.45, 2.75) is 6.18 Å². The molecule has 1 aromatic carbocycles. The van der Waals surface area contributed by atoms with Crippen molar-refractivity contribution in [2.75, 3.05) is 49.1 Å². The predicted molar refractivity (Wildman–Crippen MR) is 110 cm³/mol. The van der Waals surface area contributed by atoms with Crippen molar-refractivity contribution in [1.29, 1.82) is 0 Å². The number of hydrogen-bond acceptors (Lipinski definition) is 4. The quantitative estimate of drug-likeness (QED) is 0.774. The third kappa shape index (κ3) is 4.39. The van der Waals surface area contributed by atoms with Gasteiger partial charge in [0.2, 0.25) is 0 Å². The van der Waals surface area contributed by atoms with Crippen LogP contribution in [0.4, 0.5) is 29.5 Å². The van der Waals surface area contributed by atoms with Gasteiger partial charge in [0, 0.05) is 56.7 Å². The average Bonchev–Trinajstić information content (AvgIpc) is 3.19. The van der Waals surface area contributed by atoms with E-state index in [1.165, 1.54) is 0 Å². The van der Waals surface area contributed by atoms with Crippen LogP contribution in [0.5, 0.6) is 0 Å². The summed E-state index contributed by atoms with van der Waals surface area (Å²) in [6.07, 6.45) is -3.74. The van der Waals surface area contributed by atoms with Crippen LogP contribution in [-0.2, 0) is 6.18 Å². The Bertz CT molecular complexity index is 991. The van der Waals surface area contributed by atoms with E-state index in [9.17, 15) is 22.8 Å². The minimum atomic E-state index is -4.51. The first-order valence-electron chi connectivity index (χ1n) is 9.66. The lowest BCUT2D eigenvalue weighted by Gasteiger charge is -2.36. The molecule has 0 atom stereocenters. The molecule has 4 rings (SSSR count). The summed E-state index contributed by atoms with van der Waals surface area (Å²) in [4.78, 5) is 33.5. The van der Waals surface area contributed by atoms with Crippen LogP contribution in [0.1, 0.15) is 15.9 Å². The van der Waals surface area contributed by atoms with Crippen LogP contribution >= 0.6 is 11.6 Å². The van der Waals surface area contributed by atoms with Gasteiger partial charge in [-0.3, -0.25) is 9.69 Å². The Kier molecular flexibility index (Phi) is 5.65. The summed E-state index contributed by atoms with van der Waals surface area (Å²) in [6, 6.07) is 7.55. The number of nitrogens with one attached hydrogen (secondary N) is 1. The van der Waals surface area contributed by atoms with Crippen molar-refractivity contribution in [1.82, 2.24) is 15.2 Å². The number of piperazine rings is 1. The van der Waals surface area contributed by atoms with Crippen LogP contribution in [0.15, 0.2) is 36.5 Å². The number of carbonyl (C=O) groups excluding carboxylic acids is 2. The molecule has 7 nitrogen and oxygen atoms in total. The highest BCUT2D eigenvalue weighted by Gasteiger charge is 2.32. The number of rotatable bonds is 3. The van der Waals surface area contributed by atoms with E-state index in [2.05, 4.69) is 10.3 Å². The number of alkyl halides is 3. The number of benzene rings is 1. The number of carbonyl (C=O) groups is 2. The smallest absolute Gasteiger partial charge is 0.352 e. The number of anilines is 2. The zero-order valence-corrected chi connectivity index (χ0v) is 17.1. The molecule has 2 aliphatic rings. The third-order valence-corrected chi connectivity index (χ3v) is 5.58. The van der Waals surface area contributed by atoms with Crippen molar-refractivity contribution in [3.63, 3.8) is 0 Å². The average molecular weight is 454 g/mol. The van der Waals surface area contributed by atoms with Gasteiger partial charge in [0.1, 0.15) is 5.82 Å². The van der Waals surface area contributed by atoms with Gasteiger partial charge in [-0.25, -0.2) is 9.78 Å². The van der Waals surface area contributed by atoms with Crippen molar-refractivity contribution < 1.29 is 22.8 Å². The van der Waals surface area contributed by atoms with Crippen molar-refractivity contribution in [2.24, 2.45) is 0 Å². The van der Waals surface area contributed by atoms with E-state index in [0.717, 1.165) is 18.0 Å². The maximum absolute atomic E-state index is 12.8. The Morgan fingerprint density at radius 3 is 2.29 bits per heavy atom. The molecular weight excluding hydrogens is 435 g/mol. The molecule has 2 aliphatic heterocycles. The molecule has 3 amide bonds. The van der Waals surface area contributed by atoms with Crippen LogP contribution in [0.3, 0.4) is 0 Å². The van der Waals surface area contributed by atoms with Crippen LogP contribution in [0, 0.1) is 0 Å². The van der Waals surface area contributed by atoms with Gasteiger partial charge < -0.3 is 15.1 Å². The van der Waals surface area contributed by atoms with Gasteiger partial charge in [-0.1, -0.05) is 11.6 Å². The van der Waals surface area contributed by atoms with Gasteiger partial charge in [0.25, 0.3) is 5.91 Å². The van der Waals surface area contributed by atoms with Crippen molar-refractivity contribution in [3.8, 4) is 0 Å². The summed E-state index contributed by atoms with van der Waals surface area (Å²) < 4.78 is 38.4. The van der Waals surface area contributed by atoms with E-state index >= 15 is 0 Å². The first-order chi connectivity index (χ1) is 14.7. The number of halogens is 4. The Labute approximate surface area is 181 Å². The topological polar surface area (TPSA) is 68.8 Å². The molecule has 2 saturated heterocycles. The summed E-state index contributed by atoms with van der Waals surface area (Å²) in [6.45, 7) is 2.73. The second-order valence-corrected chi connectivity index (χ2v) is 7.64. The minimum Gasteiger partial charge on any atom is -0.352 e. The van der Waals surface area contributed by atoms with Gasteiger partial charge in [0.15, 0.2) is 0 Å². The van der Waals surface area contributed by atoms with Gasteiger partial charge >= 0.3 is 12.2 Å². The lowest BCUT2D eigenvalue weighted by molar-refractivity contribution is -0.137. The van der Waals surface area contributed by atoms with Crippen LogP contribution in [-0.4, -0.2) is 61.1 Å². The first kappa shape index (κ1) is 21.2. The van der Waals surface area contributed by atoms with E-state index in [1.54, 1.807) is 39.0 Å². The molecule has 1 aromatic heterocycles. The number of aromatic nitrogens is 1. The highest BCUT2D eigenvalue weighted by molar-refractivity contribution is 6.33. The lowest BCUT2D eigenvalue weighted by atomic mass is 10.1. The minimum absolute atomic E-state index is 0.0730. The summed E-state index contributed by atoms with van der Waals surface area (Å²) in [5, 5.41) is 2.65. The van der Waals surface area contributed by atoms with E-state index in [0.29, 0.717) is 44.8 Å². The molecule has 0 saturated carbocycles. The molecule has 0 unspecified atom stereocenters. The number of nitrogens with zero attached hydrogens (tertiary/aromatic N) is 4. The molecule has 0 spiro atoms. The van der Waals surface area contributed by atoms with Gasteiger partial charge in [-0.15, -0.1) is 0 Å². The maximum Gasteiger partial charge on any atom is 0.417 e. The Balaban J connectivity index is 1.38. The first-order valence-corrected chi connectivity index (χ1v) is 10.0.